The molecule has 0 spiro atoms. The average Bonchev–Trinajstić information content (AvgIpc) is 2.89. The molecule has 3 rings (SSSR count). The largest absolute Gasteiger partial charge is 0.480 e. The molecular weight excluding hydrogens is 629 g/mol. The van der Waals surface area contributed by atoms with Gasteiger partial charge in [-0.05, 0) is 87.4 Å². The van der Waals surface area contributed by atoms with Gasteiger partial charge in [0.2, 0.25) is 0 Å². The number of thioether (sulfide) groups is 1. The number of hydrogen-bond donors (Lipinski definition) is 2. The van der Waals surface area contributed by atoms with Crippen LogP contribution in [-0.4, -0.2) is 43.0 Å². The van der Waals surface area contributed by atoms with Crippen molar-refractivity contribution in [3.05, 3.63) is 94.3 Å². The third-order valence-electron chi connectivity index (χ3n) is 5.95. The summed E-state index contributed by atoms with van der Waals surface area (Å²) in [4.78, 5) is 23.6. The van der Waals surface area contributed by atoms with Crippen molar-refractivity contribution >= 4 is 51.1 Å². The van der Waals surface area contributed by atoms with E-state index < -0.39 is 62.9 Å². The molecule has 2 unspecified atom stereocenters. The first-order valence-electron chi connectivity index (χ1n) is 12.8. The quantitative estimate of drug-likeness (QED) is 0.230. The summed E-state index contributed by atoms with van der Waals surface area (Å²) in [7, 11) is -4.53. The first kappa shape index (κ1) is 34.1. The number of carboxylic acids is 1. The molecule has 8 nitrogen and oxygen atoms in total. The van der Waals surface area contributed by atoms with Gasteiger partial charge in [-0.25, -0.2) is 31.2 Å². The van der Waals surface area contributed by atoms with Gasteiger partial charge in [-0.2, -0.15) is 11.8 Å². The first-order valence-corrected chi connectivity index (χ1v) is 15.8. The van der Waals surface area contributed by atoms with Crippen molar-refractivity contribution in [3.63, 3.8) is 0 Å². The number of hydrogen-bond acceptors (Lipinski definition) is 6. The minimum absolute atomic E-state index is 0.0162. The zero-order valence-electron chi connectivity index (χ0n) is 23.6. The number of carbonyl (C=O) groups is 2. The molecule has 3 aromatic carbocycles. The number of carboxylic acid groups (broad SMARTS) is 1. The van der Waals surface area contributed by atoms with Crippen LogP contribution in [0, 0.1) is 17.5 Å². The molecule has 0 bridgehead atoms. The predicted octanol–water partition coefficient (Wildman–Crippen LogP) is 6.92. The number of aliphatic carboxylic acids is 1. The highest BCUT2D eigenvalue weighted by Gasteiger charge is 2.34. The number of sulfonamides is 1. The minimum Gasteiger partial charge on any atom is -0.480 e. The Labute approximate surface area is 257 Å². The Kier molecular flexibility index (Phi) is 11.0. The van der Waals surface area contributed by atoms with Gasteiger partial charge < -0.3 is 15.2 Å². The Morgan fingerprint density at radius 3 is 2.23 bits per heavy atom. The Bertz CT molecular complexity index is 1580. The van der Waals surface area contributed by atoms with E-state index in [0.717, 1.165) is 42.1 Å². The maximum Gasteiger partial charge on any atom is 0.408 e. The fourth-order valence-corrected chi connectivity index (χ4v) is 6.88. The van der Waals surface area contributed by atoms with Gasteiger partial charge >= 0.3 is 12.1 Å². The van der Waals surface area contributed by atoms with Crippen LogP contribution in [0.25, 0.3) is 0 Å². The van der Waals surface area contributed by atoms with Gasteiger partial charge in [0.25, 0.3) is 10.0 Å². The third-order valence-corrected chi connectivity index (χ3v) is 9.19. The Balaban J connectivity index is 1.97. The molecule has 2 atom stereocenters. The number of ether oxygens (including phenoxy) is 1. The molecule has 0 aliphatic rings. The normalized spacial score (nSPS) is 13.2. The maximum atomic E-state index is 15.1. The lowest BCUT2D eigenvalue weighted by Crippen LogP contribution is -2.44. The van der Waals surface area contributed by atoms with Gasteiger partial charge in [0, 0.05) is 22.6 Å². The zero-order valence-corrected chi connectivity index (χ0v) is 26.0. The molecule has 1 amide bonds. The van der Waals surface area contributed by atoms with Crippen LogP contribution < -0.4 is 9.62 Å². The second-order valence-corrected chi connectivity index (χ2v) is 13.7. The van der Waals surface area contributed by atoms with Crippen LogP contribution in [0.3, 0.4) is 0 Å². The molecule has 0 fully saturated rings. The molecule has 43 heavy (non-hydrogen) atoms. The molecule has 0 aliphatic heterocycles. The average molecular weight is 659 g/mol. The van der Waals surface area contributed by atoms with E-state index in [4.69, 9.17) is 16.3 Å². The van der Waals surface area contributed by atoms with E-state index in [-0.39, 0.29) is 32.6 Å². The maximum absolute atomic E-state index is 15.1. The summed E-state index contributed by atoms with van der Waals surface area (Å²) in [5.74, 6) is -4.04. The number of halogens is 4. The minimum atomic E-state index is -4.53. The van der Waals surface area contributed by atoms with Crippen LogP contribution in [0.15, 0.2) is 65.6 Å². The molecule has 3 aromatic rings. The second-order valence-electron chi connectivity index (χ2n) is 10.4. The molecule has 0 saturated carbocycles. The van der Waals surface area contributed by atoms with Crippen LogP contribution in [0.4, 0.5) is 23.7 Å². The lowest BCUT2D eigenvalue weighted by molar-refractivity contribution is -0.138. The number of anilines is 1. The van der Waals surface area contributed by atoms with Crippen LogP contribution in [0.1, 0.15) is 44.9 Å². The predicted molar refractivity (Wildman–Crippen MR) is 159 cm³/mol. The Morgan fingerprint density at radius 2 is 1.63 bits per heavy atom. The van der Waals surface area contributed by atoms with Crippen molar-refractivity contribution in [1.29, 1.82) is 0 Å². The fraction of sp³-hybridized carbons (Fsp3) is 0.310. The number of amides is 1. The van der Waals surface area contributed by atoms with E-state index in [1.807, 2.05) is 0 Å². The van der Waals surface area contributed by atoms with Gasteiger partial charge in [-0.1, -0.05) is 17.7 Å². The summed E-state index contributed by atoms with van der Waals surface area (Å²) in [6.45, 7) is 6.30. The van der Waals surface area contributed by atoms with Gasteiger partial charge in [0.1, 0.15) is 29.1 Å². The summed E-state index contributed by atoms with van der Waals surface area (Å²) >= 11 is 6.95. The van der Waals surface area contributed by atoms with Crippen LogP contribution >= 0.6 is 23.4 Å². The highest BCUT2D eigenvalue weighted by atomic mass is 35.5. The van der Waals surface area contributed by atoms with Crippen molar-refractivity contribution in [2.24, 2.45) is 0 Å². The van der Waals surface area contributed by atoms with E-state index in [9.17, 15) is 31.9 Å². The molecule has 0 radical (unpaired) electrons. The molecule has 0 aromatic heterocycles. The van der Waals surface area contributed by atoms with Crippen molar-refractivity contribution in [2.75, 3.05) is 10.1 Å². The monoisotopic (exact) mass is 658 g/mol. The fourth-order valence-electron chi connectivity index (χ4n) is 4.07. The highest BCUT2D eigenvalue weighted by molar-refractivity contribution is 7.98. The molecule has 0 aliphatic carbocycles. The lowest BCUT2D eigenvalue weighted by atomic mass is 10.0. The zero-order chi connectivity index (χ0) is 32.1. The van der Waals surface area contributed by atoms with Gasteiger partial charge in [-0.3, -0.25) is 4.31 Å². The molecule has 14 heteroatoms. The van der Waals surface area contributed by atoms with E-state index in [0.29, 0.717) is 4.31 Å². The molecule has 232 valence electrons. The Hall–Kier alpha value is -3.42. The summed E-state index contributed by atoms with van der Waals surface area (Å²) in [5, 5.41) is 12.1. The lowest BCUT2D eigenvalue weighted by Gasteiger charge is -2.32. The van der Waals surface area contributed by atoms with Crippen LogP contribution in [0.2, 0.25) is 5.02 Å². The highest BCUT2D eigenvalue weighted by Crippen LogP contribution is 2.37. The van der Waals surface area contributed by atoms with Crippen molar-refractivity contribution in [1.82, 2.24) is 5.32 Å². The molecule has 2 N–H and O–H groups in total. The van der Waals surface area contributed by atoms with Crippen LogP contribution in [0.5, 0.6) is 0 Å². The van der Waals surface area contributed by atoms with E-state index in [1.165, 1.54) is 37.3 Å². The van der Waals surface area contributed by atoms with Crippen molar-refractivity contribution in [2.45, 2.75) is 56.0 Å². The van der Waals surface area contributed by atoms with E-state index in [1.54, 1.807) is 20.8 Å². The van der Waals surface area contributed by atoms with Gasteiger partial charge in [-0.15, -0.1) is 0 Å². The van der Waals surface area contributed by atoms with Crippen molar-refractivity contribution in [3.8, 4) is 0 Å². The van der Waals surface area contributed by atoms with E-state index in [2.05, 4.69) is 5.32 Å². The number of carbonyl (C=O) groups excluding carboxylic acids is 1. The summed E-state index contributed by atoms with van der Waals surface area (Å²) in [5.41, 5.74) is -0.904. The van der Waals surface area contributed by atoms with Gasteiger partial charge in [0.05, 0.1) is 16.6 Å². The van der Waals surface area contributed by atoms with Crippen LogP contribution in [-0.2, 0) is 25.3 Å². The second kappa shape index (κ2) is 13.9. The smallest absolute Gasteiger partial charge is 0.408 e. The van der Waals surface area contributed by atoms with Gasteiger partial charge in [0.15, 0.2) is 0 Å². The SMILES string of the molecule is CC(c1ccc(F)cc1CSCC(NC(=O)OC(C)(C)C)C(=O)O)N(c1cc(F)ccc1F)S(=O)(=O)c1ccc(Cl)cc1. The summed E-state index contributed by atoms with van der Waals surface area (Å²) in [6, 6.07) is 8.53. The number of alkyl carbamates (subject to hydrolysis) is 1. The molecular formula is C29H30ClF3N2O6S2. The summed E-state index contributed by atoms with van der Waals surface area (Å²) < 4.78 is 77.4. The number of benzene rings is 3. The topological polar surface area (TPSA) is 113 Å². The first-order chi connectivity index (χ1) is 20.0. The Morgan fingerprint density at radius 1 is 1.02 bits per heavy atom. The third kappa shape index (κ3) is 9.04. The number of rotatable bonds is 11. The summed E-state index contributed by atoms with van der Waals surface area (Å²) in [6.07, 6.45) is -0.930. The van der Waals surface area contributed by atoms with E-state index >= 15 is 4.39 Å². The standard InChI is InChI=1S/C29H30ClF3N2O6S2/c1-17(35(26-14-21(32)8-12-24(26)33)43(39,40)22-9-5-19(30)6-10-22)23-11-7-20(31)13-18(23)15-42-16-25(27(36)37)34-28(38)41-29(2,3)4/h5-14,17,25H,15-16H2,1-4H3,(H,34,38)(H,36,37). The number of nitrogens with one attached hydrogen (secondary N) is 1. The van der Waals surface area contributed by atoms with Crippen molar-refractivity contribution < 1.29 is 41.0 Å². The number of nitrogens with zero attached hydrogens (tertiary/aromatic N) is 1. The molecule has 0 heterocycles. The molecule has 0 saturated heterocycles.